The molecular weight excluding hydrogens is 314 g/mol. The molecule has 2 heterocycles. The highest BCUT2D eigenvalue weighted by Crippen LogP contribution is 2.40. The topological polar surface area (TPSA) is 38.7 Å². The van der Waals surface area contributed by atoms with Crippen molar-refractivity contribution in [3.8, 4) is 11.8 Å². The van der Waals surface area contributed by atoms with Gasteiger partial charge in [-0.15, -0.1) is 11.3 Å². The van der Waals surface area contributed by atoms with Crippen LogP contribution in [0.5, 0.6) is 0 Å². The van der Waals surface area contributed by atoms with E-state index in [1.165, 1.54) is 11.3 Å². The molecule has 23 heavy (non-hydrogen) atoms. The Morgan fingerprint density at radius 3 is 2.43 bits per heavy atom. The van der Waals surface area contributed by atoms with Gasteiger partial charge in [-0.2, -0.15) is 0 Å². The third kappa shape index (κ3) is 3.86. The van der Waals surface area contributed by atoms with E-state index in [1.807, 2.05) is 39.8 Å². The summed E-state index contributed by atoms with van der Waals surface area (Å²) < 4.78 is 26.3. The Balaban J connectivity index is 2.20. The van der Waals surface area contributed by atoms with Gasteiger partial charge in [-0.25, -0.2) is 4.39 Å². The molecule has 0 spiro atoms. The second-order valence-corrected chi connectivity index (χ2v) is 7.58. The van der Waals surface area contributed by atoms with Crippen LogP contribution in [0.1, 0.15) is 50.8 Å². The minimum absolute atomic E-state index is 0.0424. The molecule has 0 aromatic carbocycles. The lowest BCUT2D eigenvalue weighted by atomic mass is 9.84. The second kappa shape index (κ2) is 6.78. The van der Waals surface area contributed by atoms with Gasteiger partial charge in [0.15, 0.2) is 0 Å². The Morgan fingerprint density at radius 1 is 1.26 bits per heavy atom. The molecular formula is C17H22BFO3S. The monoisotopic (exact) mass is 336 g/mol. The first-order chi connectivity index (χ1) is 10.7. The van der Waals surface area contributed by atoms with E-state index < -0.39 is 24.0 Å². The lowest BCUT2D eigenvalue weighted by Gasteiger charge is -2.32. The van der Waals surface area contributed by atoms with E-state index in [1.54, 1.807) is 6.92 Å². The van der Waals surface area contributed by atoms with Crippen LogP contribution >= 0.6 is 11.3 Å². The number of hydrogen-bond donors (Lipinski definition) is 1. The molecule has 1 fully saturated rings. The summed E-state index contributed by atoms with van der Waals surface area (Å²) in [6, 6.07) is 3.69. The fourth-order valence-corrected chi connectivity index (χ4v) is 2.94. The van der Waals surface area contributed by atoms with Crippen LogP contribution in [0.4, 0.5) is 4.39 Å². The van der Waals surface area contributed by atoms with Gasteiger partial charge < -0.3 is 14.4 Å². The summed E-state index contributed by atoms with van der Waals surface area (Å²) in [5.41, 5.74) is -1.03. The van der Waals surface area contributed by atoms with Crippen molar-refractivity contribution in [1.29, 1.82) is 0 Å². The highest BCUT2D eigenvalue weighted by atomic mass is 32.1. The van der Waals surface area contributed by atoms with Gasteiger partial charge in [0.25, 0.3) is 0 Å². The van der Waals surface area contributed by atoms with E-state index in [9.17, 15) is 4.39 Å². The molecule has 2 rings (SSSR count). The van der Waals surface area contributed by atoms with Gasteiger partial charge in [-0.1, -0.05) is 11.8 Å². The second-order valence-electron chi connectivity index (χ2n) is 6.50. The number of rotatable bonds is 3. The van der Waals surface area contributed by atoms with Crippen LogP contribution in [0.15, 0.2) is 17.9 Å². The SMILES string of the molecule is CC(=C(F)B1OC(C)(C)C(C)(C)O1)c1ccc(C#CCCO)s1. The molecule has 1 aliphatic heterocycles. The van der Waals surface area contributed by atoms with Crippen LogP contribution in [0.25, 0.3) is 5.57 Å². The summed E-state index contributed by atoms with van der Waals surface area (Å²) in [4.78, 5) is 1.64. The minimum Gasteiger partial charge on any atom is -0.398 e. The Hall–Kier alpha value is -1.13. The van der Waals surface area contributed by atoms with Gasteiger partial charge in [0, 0.05) is 11.3 Å². The number of aliphatic hydroxyl groups is 1. The number of halogens is 1. The van der Waals surface area contributed by atoms with Crippen molar-refractivity contribution in [2.45, 2.75) is 52.2 Å². The highest BCUT2D eigenvalue weighted by molar-refractivity contribution is 7.13. The quantitative estimate of drug-likeness (QED) is 0.674. The maximum Gasteiger partial charge on any atom is 0.525 e. The molecule has 0 radical (unpaired) electrons. The van der Waals surface area contributed by atoms with E-state index in [0.717, 1.165) is 9.75 Å². The van der Waals surface area contributed by atoms with Gasteiger partial charge in [0.2, 0.25) is 0 Å². The fourth-order valence-electron chi connectivity index (χ4n) is 2.05. The molecule has 1 aliphatic rings. The number of thiophene rings is 1. The summed E-state index contributed by atoms with van der Waals surface area (Å²) in [5, 5.41) is 8.73. The van der Waals surface area contributed by atoms with Crippen molar-refractivity contribution in [2.24, 2.45) is 0 Å². The molecule has 0 bridgehead atoms. The summed E-state index contributed by atoms with van der Waals surface area (Å²) >= 11 is 1.41. The maximum absolute atomic E-state index is 14.8. The van der Waals surface area contributed by atoms with Crippen molar-refractivity contribution in [2.75, 3.05) is 6.61 Å². The van der Waals surface area contributed by atoms with Gasteiger partial charge in [-0.3, -0.25) is 0 Å². The highest BCUT2D eigenvalue weighted by Gasteiger charge is 2.53. The molecule has 0 amide bonds. The normalized spacial score (nSPS) is 20.0. The van der Waals surface area contributed by atoms with E-state index in [0.29, 0.717) is 12.0 Å². The van der Waals surface area contributed by atoms with E-state index in [-0.39, 0.29) is 6.61 Å². The van der Waals surface area contributed by atoms with E-state index >= 15 is 0 Å². The van der Waals surface area contributed by atoms with Crippen LogP contribution in [-0.4, -0.2) is 30.0 Å². The van der Waals surface area contributed by atoms with Crippen LogP contribution in [0.2, 0.25) is 0 Å². The molecule has 1 N–H and O–H groups in total. The Labute approximate surface area is 141 Å². The van der Waals surface area contributed by atoms with Crippen molar-refractivity contribution in [3.63, 3.8) is 0 Å². The van der Waals surface area contributed by atoms with Crippen molar-refractivity contribution >= 4 is 24.0 Å². The van der Waals surface area contributed by atoms with Crippen molar-refractivity contribution in [3.05, 3.63) is 27.6 Å². The summed E-state index contributed by atoms with van der Waals surface area (Å²) in [7, 11) is -0.981. The van der Waals surface area contributed by atoms with Crippen LogP contribution < -0.4 is 0 Å². The standard InChI is InChI=1S/C17H22BFO3S/c1-12(14-10-9-13(23-14)8-6-7-11-20)15(19)18-21-16(2,3)17(4,5)22-18/h9-10,20H,7,11H2,1-5H3. The number of aliphatic hydroxyl groups excluding tert-OH is 1. The van der Waals surface area contributed by atoms with Gasteiger partial charge in [-0.05, 0) is 52.3 Å². The predicted molar refractivity (Wildman–Crippen MR) is 92.7 cm³/mol. The molecule has 0 saturated carbocycles. The van der Waals surface area contributed by atoms with E-state index in [4.69, 9.17) is 14.4 Å². The largest absolute Gasteiger partial charge is 0.525 e. The number of hydrogen-bond acceptors (Lipinski definition) is 4. The Bertz CT molecular complexity index is 651. The Kier molecular flexibility index (Phi) is 5.37. The zero-order valence-corrected chi connectivity index (χ0v) is 15.0. The minimum atomic E-state index is -0.981. The molecule has 0 unspecified atom stereocenters. The lowest BCUT2D eigenvalue weighted by Crippen LogP contribution is -2.41. The smallest absolute Gasteiger partial charge is 0.398 e. The maximum atomic E-state index is 14.8. The van der Waals surface area contributed by atoms with Gasteiger partial charge in [0.05, 0.1) is 22.7 Å². The molecule has 3 nitrogen and oxygen atoms in total. The van der Waals surface area contributed by atoms with Crippen LogP contribution in [0, 0.1) is 11.8 Å². The molecule has 0 aliphatic carbocycles. The lowest BCUT2D eigenvalue weighted by molar-refractivity contribution is 0.00578. The zero-order chi connectivity index (χ0) is 17.3. The van der Waals surface area contributed by atoms with Gasteiger partial charge in [0.1, 0.15) is 5.73 Å². The van der Waals surface area contributed by atoms with Crippen LogP contribution in [0.3, 0.4) is 0 Å². The zero-order valence-electron chi connectivity index (χ0n) is 14.2. The van der Waals surface area contributed by atoms with Gasteiger partial charge >= 0.3 is 7.12 Å². The molecule has 1 saturated heterocycles. The predicted octanol–water partition coefficient (Wildman–Crippen LogP) is 3.81. The molecule has 1 aromatic heterocycles. The molecule has 0 atom stereocenters. The molecule has 6 heteroatoms. The average Bonchev–Trinajstić information content (AvgIpc) is 3.01. The first-order valence-electron chi connectivity index (χ1n) is 7.60. The fraction of sp³-hybridized carbons (Fsp3) is 0.529. The first-order valence-corrected chi connectivity index (χ1v) is 8.41. The third-order valence-electron chi connectivity index (χ3n) is 4.24. The third-order valence-corrected chi connectivity index (χ3v) is 5.36. The van der Waals surface area contributed by atoms with E-state index in [2.05, 4.69) is 11.8 Å². The van der Waals surface area contributed by atoms with Crippen molar-refractivity contribution in [1.82, 2.24) is 0 Å². The molecule has 124 valence electrons. The summed E-state index contributed by atoms with van der Waals surface area (Å²) in [6.45, 7) is 9.36. The van der Waals surface area contributed by atoms with Crippen molar-refractivity contribution < 1.29 is 18.8 Å². The van der Waals surface area contributed by atoms with Crippen LogP contribution in [-0.2, 0) is 9.31 Å². The molecule has 1 aromatic rings. The number of allylic oxidation sites excluding steroid dienone is 1. The Morgan fingerprint density at radius 2 is 1.87 bits per heavy atom. The summed E-state index contributed by atoms with van der Waals surface area (Å²) in [6.07, 6.45) is 0.435. The summed E-state index contributed by atoms with van der Waals surface area (Å²) in [5.74, 6) is 5.82. The first kappa shape index (κ1) is 18.2. The average molecular weight is 336 g/mol.